The van der Waals surface area contributed by atoms with Gasteiger partial charge in [-0.25, -0.2) is 4.98 Å². The van der Waals surface area contributed by atoms with Gasteiger partial charge in [0.2, 0.25) is 0 Å². The Bertz CT molecular complexity index is 494. The van der Waals surface area contributed by atoms with Crippen molar-refractivity contribution in [3.63, 3.8) is 0 Å². The number of hydrogen-bond acceptors (Lipinski definition) is 4. The molecule has 84 valence electrons. The normalized spacial score (nSPS) is 10.4. The highest BCUT2D eigenvalue weighted by Crippen LogP contribution is 2.10. The summed E-state index contributed by atoms with van der Waals surface area (Å²) in [4.78, 5) is 8.04. The van der Waals surface area contributed by atoms with E-state index in [0.717, 1.165) is 11.3 Å². The van der Waals surface area contributed by atoms with Crippen LogP contribution < -0.4 is 5.32 Å². The minimum atomic E-state index is 0.382. The number of aryl methyl sites for hydroxylation is 2. The Labute approximate surface area is 98.5 Å². The first kappa shape index (κ1) is 10.9. The van der Waals surface area contributed by atoms with Crippen LogP contribution in [0.3, 0.4) is 0 Å². The molecule has 2 rings (SSSR count). The van der Waals surface area contributed by atoms with E-state index in [9.17, 15) is 0 Å². The molecule has 0 bridgehead atoms. The molecular weight excluding hydrogens is 226 g/mol. The van der Waals surface area contributed by atoms with E-state index in [1.54, 1.807) is 10.9 Å². The molecule has 2 aromatic heterocycles. The molecule has 0 aliphatic carbocycles. The Morgan fingerprint density at radius 3 is 2.88 bits per heavy atom. The molecule has 0 unspecified atom stereocenters. The molecule has 0 aliphatic heterocycles. The largest absolute Gasteiger partial charge is 0.365 e. The first-order chi connectivity index (χ1) is 7.65. The maximum atomic E-state index is 5.73. The van der Waals surface area contributed by atoms with Crippen molar-refractivity contribution in [3.8, 4) is 0 Å². The summed E-state index contributed by atoms with van der Waals surface area (Å²) in [5, 5.41) is 7.78. The molecule has 0 aliphatic rings. The molecule has 1 N–H and O–H groups in total. The van der Waals surface area contributed by atoms with Gasteiger partial charge in [0.1, 0.15) is 11.0 Å². The fraction of sp³-hybridized carbons (Fsp3) is 0.300. The van der Waals surface area contributed by atoms with E-state index >= 15 is 0 Å². The predicted molar refractivity (Wildman–Crippen MR) is 62.3 cm³/mol. The van der Waals surface area contributed by atoms with Crippen molar-refractivity contribution < 1.29 is 0 Å². The SMILES string of the molecule is Cc1nn(C)cc1CNc1cncc(Cl)n1. The third-order valence-corrected chi connectivity index (χ3v) is 2.36. The Hall–Kier alpha value is -1.62. The summed E-state index contributed by atoms with van der Waals surface area (Å²) < 4.78 is 1.79. The lowest BCUT2D eigenvalue weighted by molar-refractivity contribution is 0.756. The fourth-order valence-electron chi connectivity index (χ4n) is 1.44. The van der Waals surface area contributed by atoms with Crippen LogP contribution in [-0.2, 0) is 13.6 Å². The van der Waals surface area contributed by atoms with Gasteiger partial charge in [0.05, 0.1) is 18.1 Å². The quantitative estimate of drug-likeness (QED) is 0.884. The van der Waals surface area contributed by atoms with E-state index in [2.05, 4.69) is 20.4 Å². The lowest BCUT2D eigenvalue weighted by Gasteiger charge is -2.03. The van der Waals surface area contributed by atoms with Crippen molar-refractivity contribution >= 4 is 17.4 Å². The maximum Gasteiger partial charge on any atom is 0.149 e. The maximum absolute atomic E-state index is 5.73. The zero-order chi connectivity index (χ0) is 11.5. The average molecular weight is 238 g/mol. The van der Waals surface area contributed by atoms with Crippen molar-refractivity contribution in [2.45, 2.75) is 13.5 Å². The highest BCUT2D eigenvalue weighted by atomic mass is 35.5. The van der Waals surface area contributed by atoms with Crippen molar-refractivity contribution in [2.75, 3.05) is 5.32 Å². The van der Waals surface area contributed by atoms with E-state index in [0.29, 0.717) is 17.5 Å². The Morgan fingerprint density at radius 1 is 1.44 bits per heavy atom. The van der Waals surface area contributed by atoms with Gasteiger partial charge in [0.25, 0.3) is 0 Å². The smallest absolute Gasteiger partial charge is 0.149 e. The summed E-state index contributed by atoms with van der Waals surface area (Å²) in [5.41, 5.74) is 2.13. The predicted octanol–water partition coefficient (Wildman–Crippen LogP) is 1.78. The molecule has 0 aromatic carbocycles. The Morgan fingerprint density at radius 2 is 2.25 bits per heavy atom. The summed E-state index contributed by atoms with van der Waals surface area (Å²) in [6.45, 7) is 2.63. The molecule has 0 saturated heterocycles. The molecule has 0 spiro atoms. The van der Waals surface area contributed by atoms with Crippen LogP contribution in [0, 0.1) is 6.92 Å². The molecule has 0 atom stereocenters. The zero-order valence-electron chi connectivity index (χ0n) is 9.11. The number of hydrogen-bond donors (Lipinski definition) is 1. The third-order valence-electron chi connectivity index (χ3n) is 2.18. The molecule has 0 radical (unpaired) electrons. The second kappa shape index (κ2) is 4.49. The van der Waals surface area contributed by atoms with Gasteiger partial charge >= 0.3 is 0 Å². The van der Waals surface area contributed by atoms with Crippen LogP contribution in [0.1, 0.15) is 11.3 Å². The van der Waals surface area contributed by atoms with Crippen LogP contribution in [0.15, 0.2) is 18.6 Å². The molecule has 2 heterocycles. The Balaban J connectivity index is 2.05. The second-order valence-corrected chi connectivity index (χ2v) is 3.88. The third kappa shape index (κ3) is 2.49. The Kier molecular flexibility index (Phi) is 3.05. The van der Waals surface area contributed by atoms with E-state index in [-0.39, 0.29) is 0 Å². The van der Waals surface area contributed by atoms with Crippen LogP contribution in [0.5, 0.6) is 0 Å². The van der Waals surface area contributed by atoms with Crippen molar-refractivity contribution in [2.24, 2.45) is 7.05 Å². The van der Waals surface area contributed by atoms with Crippen LogP contribution in [0.4, 0.5) is 5.82 Å². The van der Waals surface area contributed by atoms with Gasteiger partial charge < -0.3 is 5.32 Å². The van der Waals surface area contributed by atoms with Gasteiger partial charge in [-0.1, -0.05) is 11.6 Å². The number of aromatic nitrogens is 4. The zero-order valence-corrected chi connectivity index (χ0v) is 9.86. The summed E-state index contributed by atoms with van der Waals surface area (Å²) >= 11 is 5.73. The van der Waals surface area contributed by atoms with Crippen LogP contribution in [0.25, 0.3) is 0 Å². The standard InChI is InChI=1S/C10H12ClN5/c1-7-8(6-16(2)15-7)3-13-10-5-12-4-9(11)14-10/h4-6H,3H2,1-2H3,(H,13,14). The van der Waals surface area contributed by atoms with Gasteiger partial charge in [-0.2, -0.15) is 5.10 Å². The molecule has 16 heavy (non-hydrogen) atoms. The van der Waals surface area contributed by atoms with E-state index in [1.165, 1.54) is 6.20 Å². The lowest BCUT2D eigenvalue weighted by atomic mass is 10.2. The minimum absolute atomic E-state index is 0.382. The monoisotopic (exact) mass is 237 g/mol. The van der Waals surface area contributed by atoms with E-state index in [4.69, 9.17) is 11.6 Å². The first-order valence-corrected chi connectivity index (χ1v) is 5.23. The number of halogens is 1. The highest BCUT2D eigenvalue weighted by Gasteiger charge is 2.03. The van der Waals surface area contributed by atoms with E-state index in [1.807, 2.05) is 20.2 Å². The molecule has 0 fully saturated rings. The number of nitrogens with zero attached hydrogens (tertiary/aromatic N) is 4. The molecule has 0 saturated carbocycles. The summed E-state index contributed by atoms with van der Waals surface area (Å²) in [6.07, 6.45) is 5.11. The summed E-state index contributed by atoms with van der Waals surface area (Å²) in [6, 6.07) is 0. The van der Waals surface area contributed by atoms with Crippen molar-refractivity contribution in [1.29, 1.82) is 0 Å². The van der Waals surface area contributed by atoms with Gasteiger partial charge in [-0.15, -0.1) is 0 Å². The summed E-state index contributed by atoms with van der Waals surface area (Å²) in [7, 11) is 1.90. The van der Waals surface area contributed by atoms with Gasteiger partial charge in [0.15, 0.2) is 0 Å². The molecule has 0 amide bonds. The van der Waals surface area contributed by atoms with Gasteiger partial charge in [-0.3, -0.25) is 9.67 Å². The van der Waals surface area contributed by atoms with E-state index < -0.39 is 0 Å². The summed E-state index contributed by atoms with van der Waals surface area (Å²) in [5.74, 6) is 0.663. The molecule has 6 heteroatoms. The van der Waals surface area contributed by atoms with Crippen molar-refractivity contribution in [3.05, 3.63) is 35.0 Å². The average Bonchev–Trinajstić information content (AvgIpc) is 2.54. The van der Waals surface area contributed by atoms with Crippen molar-refractivity contribution in [1.82, 2.24) is 19.7 Å². The van der Waals surface area contributed by atoms with Crippen LogP contribution in [0.2, 0.25) is 5.15 Å². The number of rotatable bonds is 3. The topological polar surface area (TPSA) is 55.6 Å². The molecule has 2 aromatic rings. The minimum Gasteiger partial charge on any atom is -0.365 e. The van der Waals surface area contributed by atoms with Gasteiger partial charge in [0, 0.05) is 25.4 Å². The van der Waals surface area contributed by atoms with Gasteiger partial charge in [-0.05, 0) is 6.92 Å². The van der Waals surface area contributed by atoms with Crippen LogP contribution in [-0.4, -0.2) is 19.7 Å². The highest BCUT2D eigenvalue weighted by molar-refractivity contribution is 6.29. The fourth-order valence-corrected chi connectivity index (χ4v) is 1.58. The number of anilines is 1. The molecule has 5 nitrogen and oxygen atoms in total. The van der Waals surface area contributed by atoms with Crippen LogP contribution >= 0.6 is 11.6 Å². The number of nitrogens with one attached hydrogen (secondary N) is 1. The first-order valence-electron chi connectivity index (χ1n) is 4.85. The lowest BCUT2D eigenvalue weighted by Crippen LogP contribution is -2.02. The molecular formula is C10H12ClN5. The second-order valence-electron chi connectivity index (χ2n) is 3.49.